The molecule has 0 saturated heterocycles. The van der Waals surface area contributed by atoms with E-state index in [2.05, 4.69) is 20.8 Å². The predicted molar refractivity (Wildman–Crippen MR) is 87.6 cm³/mol. The first-order chi connectivity index (χ1) is 8.82. The Hall–Kier alpha value is -1.06. The quantitative estimate of drug-likeness (QED) is 0.907. The first kappa shape index (κ1) is 18.9. The molecule has 0 aliphatic heterocycles. The first-order valence-corrected chi connectivity index (χ1v) is 6.91. The molecule has 0 fully saturated rings. The van der Waals surface area contributed by atoms with Crippen LogP contribution >= 0.6 is 12.4 Å². The van der Waals surface area contributed by atoms with Crippen LogP contribution in [0.3, 0.4) is 0 Å². The molecule has 0 radical (unpaired) electrons. The molecule has 0 aliphatic carbocycles. The topological polar surface area (TPSA) is 46.3 Å². The molecule has 2 N–H and O–H groups in total. The number of amides is 1. The predicted octanol–water partition coefficient (Wildman–Crippen LogP) is 3.17. The zero-order chi connectivity index (χ0) is 14.6. The van der Waals surface area contributed by atoms with E-state index in [1.807, 2.05) is 32.2 Å². The van der Waals surface area contributed by atoms with Crippen LogP contribution in [0.4, 0.5) is 0 Å². The average molecular weight is 299 g/mol. The van der Waals surface area contributed by atoms with Crippen LogP contribution in [0.25, 0.3) is 0 Å². The Morgan fingerprint density at radius 3 is 2.35 bits per heavy atom. The molecule has 1 atom stereocenters. The minimum atomic E-state index is 0. The number of nitrogens with zero attached hydrogens (tertiary/aromatic N) is 1. The van der Waals surface area contributed by atoms with Gasteiger partial charge in [-0.25, -0.2) is 0 Å². The lowest BCUT2D eigenvalue weighted by atomic mass is 10.0. The van der Waals surface area contributed by atoms with Crippen molar-refractivity contribution in [1.82, 2.24) is 4.90 Å². The number of hydrogen-bond acceptors (Lipinski definition) is 2. The largest absolute Gasteiger partial charge is 0.342 e. The Balaban J connectivity index is 0.00000361. The van der Waals surface area contributed by atoms with Gasteiger partial charge < -0.3 is 10.6 Å². The third kappa shape index (κ3) is 5.14. The van der Waals surface area contributed by atoms with Gasteiger partial charge in [-0.05, 0) is 49.4 Å². The van der Waals surface area contributed by atoms with E-state index in [9.17, 15) is 4.79 Å². The zero-order valence-corrected chi connectivity index (χ0v) is 14.0. The lowest BCUT2D eigenvalue weighted by molar-refractivity contribution is 0.0789. The molecule has 1 rings (SSSR count). The van der Waals surface area contributed by atoms with Crippen molar-refractivity contribution in [2.75, 3.05) is 13.6 Å². The van der Waals surface area contributed by atoms with Crippen LogP contribution in [0.5, 0.6) is 0 Å². The molecule has 0 aliphatic rings. The van der Waals surface area contributed by atoms with Gasteiger partial charge in [0.2, 0.25) is 0 Å². The molecule has 1 unspecified atom stereocenters. The second-order valence-electron chi connectivity index (χ2n) is 5.72. The fourth-order valence-electron chi connectivity index (χ4n) is 1.87. The number of hydrogen-bond donors (Lipinski definition) is 1. The van der Waals surface area contributed by atoms with Crippen LogP contribution in [-0.2, 0) is 0 Å². The summed E-state index contributed by atoms with van der Waals surface area (Å²) in [6.45, 7) is 8.99. The molecule has 0 spiro atoms. The summed E-state index contributed by atoms with van der Waals surface area (Å²) >= 11 is 0. The highest BCUT2D eigenvalue weighted by atomic mass is 35.5. The van der Waals surface area contributed by atoms with E-state index in [1.165, 1.54) is 5.56 Å². The first-order valence-electron chi connectivity index (χ1n) is 6.91. The maximum atomic E-state index is 12.3. The van der Waals surface area contributed by atoms with E-state index in [-0.39, 0.29) is 24.4 Å². The summed E-state index contributed by atoms with van der Waals surface area (Å²) in [6.07, 6.45) is 0.838. The highest BCUT2D eigenvalue weighted by Gasteiger charge is 2.14. The summed E-state index contributed by atoms with van der Waals surface area (Å²) in [4.78, 5) is 14.0. The average Bonchev–Trinajstić information content (AvgIpc) is 2.37. The third-order valence-corrected chi connectivity index (χ3v) is 3.75. The van der Waals surface area contributed by atoms with Crippen LogP contribution in [0.1, 0.15) is 41.8 Å². The number of aryl methyl sites for hydroxylation is 2. The lowest BCUT2D eigenvalue weighted by Crippen LogP contribution is -2.34. The summed E-state index contributed by atoms with van der Waals surface area (Å²) < 4.78 is 0. The molecule has 3 nitrogen and oxygen atoms in total. The van der Waals surface area contributed by atoms with Crippen molar-refractivity contribution in [3.05, 3.63) is 34.9 Å². The summed E-state index contributed by atoms with van der Waals surface area (Å²) in [5.41, 5.74) is 9.12. The van der Waals surface area contributed by atoms with Crippen LogP contribution in [0, 0.1) is 19.8 Å². The molecule has 114 valence electrons. The van der Waals surface area contributed by atoms with Gasteiger partial charge in [0.05, 0.1) is 0 Å². The van der Waals surface area contributed by atoms with Crippen molar-refractivity contribution in [2.24, 2.45) is 11.7 Å². The monoisotopic (exact) mass is 298 g/mol. The zero-order valence-electron chi connectivity index (χ0n) is 13.1. The summed E-state index contributed by atoms with van der Waals surface area (Å²) in [7, 11) is 1.84. The highest BCUT2D eigenvalue weighted by Crippen LogP contribution is 2.12. The van der Waals surface area contributed by atoms with E-state index in [4.69, 9.17) is 5.73 Å². The minimum Gasteiger partial charge on any atom is -0.342 e. The van der Waals surface area contributed by atoms with Crippen molar-refractivity contribution in [3.8, 4) is 0 Å². The van der Waals surface area contributed by atoms with E-state index in [0.29, 0.717) is 12.5 Å². The van der Waals surface area contributed by atoms with Crippen molar-refractivity contribution in [1.29, 1.82) is 0 Å². The number of benzene rings is 1. The molecular formula is C16H27ClN2O. The molecule has 20 heavy (non-hydrogen) atoms. The number of carbonyl (C=O) groups is 1. The van der Waals surface area contributed by atoms with Gasteiger partial charge in [-0.2, -0.15) is 0 Å². The number of nitrogens with two attached hydrogens (primary N) is 1. The van der Waals surface area contributed by atoms with Crippen LogP contribution in [0.15, 0.2) is 18.2 Å². The molecule has 0 bridgehead atoms. The molecule has 1 amide bonds. The van der Waals surface area contributed by atoms with Crippen LogP contribution < -0.4 is 5.73 Å². The maximum absolute atomic E-state index is 12.3. The fourth-order valence-corrected chi connectivity index (χ4v) is 1.87. The molecule has 1 aromatic rings. The van der Waals surface area contributed by atoms with Crippen molar-refractivity contribution in [2.45, 2.75) is 40.2 Å². The smallest absolute Gasteiger partial charge is 0.253 e. The second-order valence-corrected chi connectivity index (χ2v) is 5.72. The maximum Gasteiger partial charge on any atom is 0.253 e. The Labute approximate surface area is 128 Å². The Morgan fingerprint density at radius 1 is 1.25 bits per heavy atom. The Bertz CT molecular complexity index is 446. The summed E-state index contributed by atoms with van der Waals surface area (Å²) in [5.74, 6) is 0.518. The van der Waals surface area contributed by atoms with Gasteiger partial charge in [0.15, 0.2) is 0 Å². The van der Waals surface area contributed by atoms with Crippen LogP contribution in [0.2, 0.25) is 0 Å². The van der Waals surface area contributed by atoms with Gasteiger partial charge in [-0.3, -0.25) is 4.79 Å². The number of carbonyl (C=O) groups excluding carboxylic acids is 1. The molecule has 4 heteroatoms. The van der Waals surface area contributed by atoms with E-state index in [0.717, 1.165) is 17.5 Å². The van der Waals surface area contributed by atoms with E-state index < -0.39 is 0 Å². The molecular weight excluding hydrogens is 272 g/mol. The van der Waals surface area contributed by atoms with Gasteiger partial charge in [-0.15, -0.1) is 12.4 Å². The van der Waals surface area contributed by atoms with Crippen LogP contribution in [-0.4, -0.2) is 30.4 Å². The van der Waals surface area contributed by atoms with E-state index in [1.54, 1.807) is 4.90 Å². The van der Waals surface area contributed by atoms with Crippen molar-refractivity contribution < 1.29 is 4.79 Å². The van der Waals surface area contributed by atoms with Gasteiger partial charge in [0.1, 0.15) is 0 Å². The summed E-state index contributed by atoms with van der Waals surface area (Å²) in [5, 5.41) is 0. The van der Waals surface area contributed by atoms with E-state index >= 15 is 0 Å². The van der Waals surface area contributed by atoms with Gasteiger partial charge in [0.25, 0.3) is 5.91 Å². The molecule has 0 heterocycles. The SMILES string of the molecule is Cc1ccc(C(=O)N(C)CCC(N)C(C)C)cc1C.Cl. The Morgan fingerprint density at radius 2 is 1.85 bits per heavy atom. The highest BCUT2D eigenvalue weighted by molar-refractivity contribution is 5.94. The van der Waals surface area contributed by atoms with Gasteiger partial charge >= 0.3 is 0 Å². The second kappa shape index (κ2) is 8.28. The van der Waals surface area contributed by atoms with Crippen molar-refractivity contribution in [3.63, 3.8) is 0 Å². The van der Waals surface area contributed by atoms with Gasteiger partial charge in [0, 0.05) is 25.2 Å². The summed E-state index contributed by atoms with van der Waals surface area (Å²) in [6, 6.07) is 5.99. The van der Waals surface area contributed by atoms with Crippen molar-refractivity contribution >= 4 is 18.3 Å². The minimum absolute atomic E-state index is 0. The fraction of sp³-hybridized carbons (Fsp3) is 0.562. The van der Waals surface area contributed by atoms with Gasteiger partial charge in [-0.1, -0.05) is 19.9 Å². The molecule has 1 aromatic carbocycles. The molecule has 0 saturated carbocycles. The standard InChI is InChI=1S/C16H26N2O.ClH/c1-11(2)15(17)8-9-18(5)16(19)14-7-6-12(3)13(4)10-14;/h6-7,10-11,15H,8-9,17H2,1-5H3;1H. The normalized spacial score (nSPS) is 11.9. The number of halogens is 1. The third-order valence-electron chi connectivity index (χ3n) is 3.75. The number of rotatable bonds is 5. The Kier molecular flexibility index (Phi) is 7.84. The lowest BCUT2D eigenvalue weighted by Gasteiger charge is -2.22. The molecule has 0 aromatic heterocycles.